The zero-order valence-corrected chi connectivity index (χ0v) is 11.9. The van der Waals surface area contributed by atoms with Gasteiger partial charge in [0.1, 0.15) is 0 Å². The summed E-state index contributed by atoms with van der Waals surface area (Å²) < 4.78 is 0. The first-order valence-corrected chi connectivity index (χ1v) is 8.91. The maximum absolute atomic E-state index is 2.26. The molecule has 1 heteroatoms. The summed E-state index contributed by atoms with van der Waals surface area (Å²) in [5, 5.41) is 0. The SMILES string of the molecule is C1CC[SiH2]CC1.CCCCCCCC. The highest BCUT2D eigenvalue weighted by molar-refractivity contribution is 6.35. The van der Waals surface area contributed by atoms with Crippen LogP contribution in [0, 0.1) is 0 Å². The summed E-state index contributed by atoms with van der Waals surface area (Å²) in [7, 11) is 0.508. The van der Waals surface area contributed by atoms with Crippen LogP contribution in [0.1, 0.15) is 71.6 Å². The fraction of sp³-hybridized carbons (Fsp3) is 1.00. The Morgan fingerprint density at radius 1 is 0.714 bits per heavy atom. The largest absolute Gasteiger partial charge is 0.0654 e. The minimum absolute atomic E-state index is 0.508. The highest BCUT2D eigenvalue weighted by Crippen LogP contribution is 2.10. The smallest absolute Gasteiger partial charge is 0.0197 e. The van der Waals surface area contributed by atoms with E-state index < -0.39 is 0 Å². The third kappa shape index (κ3) is 12.2. The zero-order chi connectivity index (χ0) is 10.5. The topological polar surface area (TPSA) is 0 Å². The van der Waals surface area contributed by atoms with Gasteiger partial charge in [-0.2, -0.15) is 0 Å². The molecule has 0 unspecified atom stereocenters. The quantitative estimate of drug-likeness (QED) is 0.465. The molecular formula is C13H30Si. The predicted octanol–water partition coefficient (Wildman–Crippen LogP) is 4.54. The van der Waals surface area contributed by atoms with Gasteiger partial charge in [-0.05, 0) is 0 Å². The molecule has 0 radical (unpaired) electrons. The van der Waals surface area contributed by atoms with Crippen LogP contribution in [0.4, 0.5) is 0 Å². The average molecular weight is 214 g/mol. The molecule has 86 valence electrons. The summed E-state index contributed by atoms with van der Waals surface area (Å²) in [4.78, 5) is 0. The van der Waals surface area contributed by atoms with Gasteiger partial charge in [-0.25, -0.2) is 0 Å². The van der Waals surface area contributed by atoms with E-state index in [0.717, 1.165) is 0 Å². The van der Waals surface area contributed by atoms with E-state index >= 15 is 0 Å². The van der Waals surface area contributed by atoms with Gasteiger partial charge < -0.3 is 0 Å². The molecule has 1 rings (SSSR count). The van der Waals surface area contributed by atoms with Crippen molar-refractivity contribution in [3.05, 3.63) is 0 Å². The zero-order valence-electron chi connectivity index (χ0n) is 10.5. The Kier molecular flexibility index (Phi) is 13.4. The summed E-state index contributed by atoms with van der Waals surface area (Å²) in [6.07, 6.45) is 13.1. The third-order valence-electron chi connectivity index (χ3n) is 2.96. The average Bonchev–Trinajstić information content (AvgIpc) is 2.28. The van der Waals surface area contributed by atoms with Crippen molar-refractivity contribution in [2.45, 2.75) is 83.7 Å². The standard InChI is InChI=1S/C8H18.C5H12Si/c1-3-5-7-8-6-4-2;1-2-4-6-5-3-1/h3-8H2,1-2H3;1-6H2. The highest BCUT2D eigenvalue weighted by Gasteiger charge is 1.96. The summed E-state index contributed by atoms with van der Waals surface area (Å²) in [5.74, 6) is 0. The van der Waals surface area contributed by atoms with Crippen molar-refractivity contribution < 1.29 is 0 Å². The van der Waals surface area contributed by atoms with E-state index in [9.17, 15) is 0 Å². The molecule has 0 aliphatic carbocycles. The Labute approximate surface area is 93.7 Å². The minimum Gasteiger partial charge on any atom is -0.0654 e. The van der Waals surface area contributed by atoms with E-state index in [2.05, 4.69) is 13.8 Å². The predicted molar refractivity (Wildman–Crippen MR) is 71.1 cm³/mol. The van der Waals surface area contributed by atoms with Gasteiger partial charge in [-0.15, -0.1) is 0 Å². The van der Waals surface area contributed by atoms with Gasteiger partial charge in [0.2, 0.25) is 0 Å². The van der Waals surface area contributed by atoms with Gasteiger partial charge in [-0.1, -0.05) is 83.7 Å². The van der Waals surface area contributed by atoms with Crippen molar-refractivity contribution in [3.8, 4) is 0 Å². The Bertz CT molecular complexity index is 69.7. The Balaban J connectivity index is 0.000000249. The van der Waals surface area contributed by atoms with Crippen LogP contribution in [0.3, 0.4) is 0 Å². The van der Waals surface area contributed by atoms with E-state index in [1.165, 1.54) is 44.9 Å². The highest BCUT2D eigenvalue weighted by atomic mass is 28.2. The summed E-state index contributed by atoms with van der Waals surface area (Å²) in [6.45, 7) is 4.51. The molecule has 0 atom stereocenters. The molecule has 1 heterocycles. The van der Waals surface area contributed by atoms with Crippen molar-refractivity contribution in [3.63, 3.8) is 0 Å². The van der Waals surface area contributed by atoms with E-state index in [1.807, 2.05) is 0 Å². The normalized spacial score (nSPS) is 15.9. The van der Waals surface area contributed by atoms with Crippen LogP contribution in [-0.4, -0.2) is 9.52 Å². The number of hydrogen-bond acceptors (Lipinski definition) is 0. The molecule has 0 aromatic rings. The first-order chi connectivity index (χ1) is 6.91. The van der Waals surface area contributed by atoms with Crippen molar-refractivity contribution in [1.82, 2.24) is 0 Å². The molecule has 0 aromatic carbocycles. The molecule has 0 spiro atoms. The second-order valence-electron chi connectivity index (χ2n) is 4.54. The van der Waals surface area contributed by atoms with Crippen molar-refractivity contribution in [2.75, 3.05) is 0 Å². The molecule has 0 N–H and O–H groups in total. The molecule has 0 aromatic heterocycles. The van der Waals surface area contributed by atoms with E-state index in [4.69, 9.17) is 0 Å². The van der Waals surface area contributed by atoms with E-state index in [0.29, 0.717) is 9.52 Å². The lowest BCUT2D eigenvalue weighted by Gasteiger charge is -2.04. The van der Waals surface area contributed by atoms with Gasteiger partial charge >= 0.3 is 0 Å². The first kappa shape index (κ1) is 14.2. The maximum Gasteiger partial charge on any atom is 0.0197 e. The Hall–Kier alpha value is 0.217. The molecular weight excluding hydrogens is 184 g/mol. The molecule has 1 fully saturated rings. The van der Waals surface area contributed by atoms with E-state index in [-0.39, 0.29) is 0 Å². The van der Waals surface area contributed by atoms with Crippen LogP contribution < -0.4 is 0 Å². The fourth-order valence-corrected chi connectivity index (χ4v) is 3.68. The molecule has 14 heavy (non-hydrogen) atoms. The number of hydrogen-bond donors (Lipinski definition) is 0. The van der Waals surface area contributed by atoms with Crippen molar-refractivity contribution in [1.29, 1.82) is 0 Å². The van der Waals surface area contributed by atoms with Crippen LogP contribution in [0.25, 0.3) is 0 Å². The van der Waals surface area contributed by atoms with Gasteiger partial charge in [0.15, 0.2) is 0 Å². The Morgan fingerprint density at radius 2 is 1.21 bits per heavy atom. The van der Waals surface area contributed by atoms with Gasteiger partial charge in [0, 0.05) is 9.52 Å². The fourth-order valence-electron chi connectivity index (χ4n) is 1.91. The van der Waals surface area contributed by atoms with Crippen LogP contribution in [0.5, 0.6) is 0 Å². The molecule has 1 saturated heterocycles. The second-order valence-corrected chi connectivity index (χ2v) is 6.66. The molecule has 0 amide bonds. The number of rotatable bonds is 5. The maximum atomic E-state index is 2.26. The monoisotopic (exact) mass is 214 g/mol. The van der Waals surface area contributed by atoms with Gasteiger partial charge in [0.25, 0.3) is 0 Å². The second kappa shape index (κ2) is 13.2. The van der Waals surface area contributed by atoms with Gasteiger partial charge in [-0.3, -0.25) is 0 Å². The summed E-state index contributed by atoms with van der Waals surface area (Å²) >= 11 is 0. The van der Waals surface area contributed by atoms with Crippen LogP contribution >= 0.6 is 0 Å². The lowest BCUT2D eigenvalue weighted by atomic mass is 10.1. The summed E-state index contributed by atoms with van der Waals surface area (Å²) in [5.41, 5.74) is 0. The molecule has 1 aliphatic rings. The molecule has 0 saturated carbocycles. The lowest BCUT2D eigenvalue weighted by Crippen LogP contribution is -1.94. The molecule has 1 aliphatic heterocycles. The van der Waals surface area contributed by atoms with Gasteiger partial charge in [0.05, 0.1) is 0 Å². The number of unbranched alkanes of at least 4 members (excludes halogenated alkanes) is 5. The minimum atomic E-state index is 0.508. The molecule has 0 nitrogen and oxygen atoms in total. The summed E-state index contributed by atoms with van der Waals surface area (Å²) in [6, 6.07) is 3.28. The third-order valence-corrected chi connectivity index (χ3v) is 4.96. The Morgan fingerprint density at radius 3 is 1.43 bits per heavy atom. The van der Waals surface area contributed by atoms with Crippen molar-refractivity contribution in [2.24, 2.45) is 0 Å². The van der Waals surface area contributed by atoms with Crippen LogP contribution in [0.15, 0.2) is 0 Å². The van der Waals surface area contributed by atoms with Crippen LogP contribution in [0.2, 0.25) is 12.1 Å². The lowest BCUT2D eigenvalue weighted by molar-refractivity contribution is 0.624. The van der Waals surface area contributed by atoms with E-state index in [1.54, 1.807) is 24.9 Å². The first-order valence-electron chi connectivity index (χ1n) is 6.91. The van der Waals surface area contributed by atoms with Crippen LogP contribution in [-0.2, 0) is 0 Å². The molecule has 0 bridgehead atoms. The van der Waals surface area contributed by atoms with Crippen molar-refractivity contribution >= 4 is 9.52 Å².